The molecule has 0 heterocycles. The molecule has 168 valence electrons. The zero-order valence-corrected chi connectivity index (χ0v) is 20.7. The van der Waals surface area contributed by atoms with E-state index in [0.717, 1.165) is 30.6 Å². The second-order valence-electron chi connectivity index (χ2n) is 13.5. The van der Waals surface area contributed by atoms with Gasteiger partial charge in [0.05, 0.1) is 0 Å². The van der Waals surface area contributed by atoms with E-state index in [-0.39, 0.29) is 0 Å². The quantitative estimate of drug-likeness (QED) is 0.420. The average Bonchev–Trinajstić information content (AvgIpc) is 3.22. The Morgan fingerprint density at radius 1 is 0.967 bits per heavy atom. The third kappa shape index (κ3) is 2.56. The minimum absolute atomic E-state index is 0.441. The van der Waals surface area contributed by atoms with E-state index in [1.54, 1.807) is 12.0 Å². The predicted octanol–water partition coefficient (Wildman–Crippen LogP) is 7.99. The minimum Gasteiger partial charge on any atom is -0.300 e. The SMILES string of the molecule is CC1=CCC[C@@]23C[C@@]24CC[C@@]2(C)[C@H]([C@@H](C)CC(=O)CC(C)C)CC[C@]2(C)[C@H]4CC[C@H]13. The first kappa shape index (κ1) is 21.3. The number of carbonyl (C=O) groups is 1. The highest BCUT2D eigenvalue weighted by Crippen LogP contribution is 2.87. The van der Waals surface area contributed by atoms with Crippen LogP contribution in [0.1, 0.15) is 112 Å². The molecule has 0 aromatic rings. The van der Waals surface area contributed by atoms with E-state index in [1.807, 2.05) is 0 Å². The Balaban J connectivity index is 1.39. The van der Waals surface area contributed by atoms with Gasteiger partial charge in [-0.25, -0.2) is 0 Å². The predicted molar refractivity (Wildman–Crippen MR) is 125 cm³/mol. The molecule has 5 aliphatic rings. The number of rotatable bonds is 5. The van der Waals surface area contributed by atoms with Crippen molar-refractivity contribution in [3.63, 3.8) is 0 Å². The second kappa shape index (κ2) is 6.71. The molecular weight excluding hydrogens is 364 g/mol. The van der Waals surface area contributed by atoms with Gasteiger partial charge in [0.15, 0.2) is 0 Å². The van der Waals surface area contributed by atoms with Gasteiger partial charge in [0, 0.05) is 12.8 Å². The lowest BCUT2D eigenvalue weighted by molar-refractivity contribution is -0.128. The molecule has 0 amide bonds. The first-order valence-corrected chi connectivity index (χ1v) is 13.3. The van der Waals surface area contributed by atoms with E-state index in [1.165, 1.54) is 51.4 Å². The summed E-state index contributed by atoms with van der Waals surface area (Å²) in [5, 5.41) is 0. The number of allylic oxidation sites excluding steroid dienone is 2. The molecule has 5 aliphatic carbocycles. The van der Waals surface area contributed by atoms with Gasteiger partial charge < -0.3 is 0 Å². The third-order valence-electron chi connectivity index (χ3n) is 12.0. The molecule has 1 nitrogen and oxygen atoms in total. The van der Waals surface area contributed by atoms with E-state index in [9.17, 15) is 4.79 Å². The highest BCUT2D eigenvalue weighted by molar-refractivity contribution is 5.78. The molecule has 2 spiro atoms. The molecule has 0 saturated heterocycles. The van der Waals surface area contributed by atoms with E-state index in [4.69, 9.17) is 0 Å². The van der Waals surface area contributed by atoms with Crippen LogP contribution in [0.15, 0.2) is 11.6 Å². The Kier molecular flexibility index (Phi) is 4.75. The van der Waals surface area contributed by atoms with Crippen molar-refractivity contribution in [2.75, 3.05) is 0 Å². The summed E-state index contributed by atoms with van der Waals surface area (Å²) in [6.07, 6.45) is 17.1. The third-order valence-corrected chi connectivity index (χ3v) is 12.0. The van der Waals surface area contributed by atoms with Gasteiger partial charge in [0.25, 0.3) is 0 Å². The van der Waals surface area contributed by atoms with Crippen LogP contribution in [0.2, 0.25) is 0 Å². The van der Waals surface area contributed by atoms with Crippen LogP contribution < -0.4 is 0 Å². The summed E-state index contributed by atoms with van der Waals surface area (Å²) in [7, 11) is 0. The maximum atomic E-state index is 12.6. The molecule has 0 aromatic heterocycles. The molecule has 0 aromatic carbocycles. The molecular formula is C29H46O. The molecule has 4 fully saturated rings. The van der Waals surface area contributed by atoms with Crippen LogP contribution >= 0.6 is 0 Å². The first-order valence-electron chi connectivity index (χ1n) is 13.3. The van der Waals surface area contributed by atoms with Crippen molar-refractivity contribution in [1.29, 1.82) is 0 Å². The molecule has 0 bridgehead atoms. The van der Waals surface area contributed by atoms with Gasteiger partial charge in [-0.05, 0) is 116 Å². The van der Waals surface area contributed by atoms with Gasteiger partial charge in [-0.1, -0.05) is 46.3 Å². The van der Waals surface area contributed by atoms with Crippen molar-refractivity contribution in [2.24, 2.45) is 51.2 Å². The highest BCUT2D eigenvalue weighted by atomic mass is 16.1. The van der Waals surface area contributed by atoms with Crippen molar-refractivity contribution < 1.29 is 4.79 Å². The summed E-state index contributed by atoms with van der Waals surface area (Å²) >= 11 is 0. The van der Waals surface area contributed by atoms with Crippen molar-refractivity contribution in [3.05, 3.63) is 11.6 Å². The summed E-state index contributed by atoms with van der Waals surface area (Å²) in [6.45, 7) is 14.6. The number of hydrogen-bond donors (Lipinski definition) is 0. The van der Waals surface area contributed by atoms with Crippen LogP contribution in [-0.4, -0.2) is 5.78 Å². The lowest BCUT2D eigenvalue weighted by Crippen LogP contribution is -2.54. The monoisotopic (exact) mass is 410 g/mol. The number of hydrogen-bond acceptors (Lipinski definition) is 1. The summed E-state index contributed by atoms with van der Waals surface area (Å²) < 4.78 is 0. The molecule has 0 N–H and O–H groups in total. The molecule has 4 saturated carbocycles. The van der Waals surface area contributed by atoms with Gasteiger partial charge in [0.2, 0.25) is 0 Å². The number of ketones is 1. The Morgan fingerprint density at radius 3 is 2.47 bits per heavy atom. The normalized spacial score (nSPS) is 50.1. The summed E-state index contributed by atoms with van der Waals surface area (Å²) in [5.41, 5.74) is 4.02. The number of fused-ring (bicyclic) bond motifs is 2. The van der Waals surface area contributed by atoms with Crippen LogP contribution in [0.4, 0.5) is 0 Å². The van der Waals surface area contributed by atoms with Gasteiger partial charge >= 0.3 is 0 Å². The van der Waals surface area contributed by atoms with E-state index >= 15 is 0 Å². The van der Waals surface area contributed by atoms with Crippen molar-refractivity contribution in [2.45, 2.75) is 112 Å². The average molecular weight is 411 g/mol. The fourth-order valence-electron chi connectivity index (χ4n) is 10.6. The molecule has 0 unspecified atom stereocenters. The topological polar surface area (TPSA) is 17.1 Å². The molecule has 30 heavy (non-hydrogen) atoms. The van der Waals surface area contributed by atoms with Gasteiger partial charge in [0.1, 0.15) is 5.78 Å². The van der Waals surface area contributed by atoms with E-state index in [0.29, 0.717) is 39.3 Å². The summed E-state index contributed by atoms with van der Waals surface area (Å²) in [4.78, 5) is 12.6. The van der Waals surface area contributed by atoms with Crippen molar-refractivity contribution in [1.82, 2.24) is 0 Å². The lowest BCUT2D eigenvalue weighted by Gasteiger charge is -2.61. The molecule has 5 rings (SSSR count). The van der Waals surface area contributed by atoms with Crippen molar-refractivity contribution >= 4 is 5.78 Å². The smallest absolute Gasteiger partial charge is 0.133 e. The van der Waals surface area contributed by atoms with Crippen LogP contribution in [0, 0.1) is 51.2 Å². The Hall–Kier alpha value is -0.590. The molecule has 8 atom stereocenters. The fourth-order valence-corrected chi connectivity index (χ4v) is 10.6. The van der Waals surface area contributed by atoms with Crippen molar-refractivity contribution in [3.8, 4) is 0 Å². The standard InChI is InChI=1S/C29H46O/c1-19(2)16-22(30)17-21(4)23-11-13-27(6)25-10-9-24-20(3)8-7-12-28(24)18-29(25,28)15-14-26(23,27)5/h8,19,21,23-25H,7,9-18H2,1-6H3/t21-,23-,24+,25+,26-,27+,28-,29+/m0/s1. The molecule has 0 radical (unpaired) electrons. The largest absolute Gasteiger partial charge is 0.300 e. The zero-order chi connectivity index (χ0) is 21.5. The lowest BCUT2D eigenvalue weighted by atomic mass is 9.43. The van der Waals surface area contributed by atoms with Crippen LogP contribution in [0.25, 0.3) is 0 Å². The van der Waals surface area contributed by atoms with Crippen LogP contribution in [0.5, 0.6) is 0 Å². The highest BCUT2D eigenvalue weighted by Gasteiger charge is 2.80. The van der Waals surface area contributed by atoms with Gasteiger partial charge in [-0.15, -0.1) is 0 Å². The van der Waals surface area contributed by atoms with E-state index in [2.05, 4.69) is 47.6 Å². The maximum absolute atomic E-state index is 12.6. The summed E-state index contributed by atoms with van der Waals surface area (Å²) in [5.74, 6) is 4.15. The van der Waals surface area contributed by atoms with Crippen LogP contribution in [-0.2, 0) is 4.79 Å². The minimum atomic E-state index is 0.441. The van der Waals surface area contributed by atoms with E-state index < -0.39 is 0 Å². The first-order chi connectivity index (χ1) is 14.1. The number of Topliss-reactive ketones (excluding diaryl/α,β-unsaturated/α-hetero) is 1. The zero-order valence-electron chi connectivity index (χ0n) is 20.7. The Bertz CT molecular complexity index is 762. The molecule has 1 heteroatoms. The molecule has 0 aliphatic heterocycles. The summed E-state index contributed by atoms with van der Waals surface area (Å²) in [6, 6.07) is 0. The Labute approximate surface area is 185 Å². The number of carbonyl (C=O) groups excluding carboxylic acids is 1. The maximum Gasteiger partial charge on any atom is 0.133 e. The Morgan fingerprint density at radius 2 is 1.73 bits per heavy atom. The van der Waals surface area contributed by atoms with Crippen LogP contribution in [0.3, 0.4) is 0 Å². The second-order valence-corrected chi connectivity index (χ2v) is 13.5. The van der Waals surface area contributed by atoms with Gasteiger partial charge in [-0.3, -0.25) is 4.79 Å². The van der Waals surface area contributed by atoms with Gasteiger partial charge in [-0.2, -0.15) is 0 Å². The fraction of sp³-hybridized carbons (Fsp3) is 0.897.